The van der Waals surface area contributed by atoms with E-state index in [-0.39, 0.29) is 12.1 Å². The molecule has 1 aliphatic heterocycles. The Kier molecular flexibility index (Phi) is 4.10. The Morgan fingerprint density at radius 1 is 1.33 bits per heavy atom. The lowest BCUT2D eigenvalue weighted by Gasteiger charge is -2.12. The molecule has 2 aromatic rings. The van der Waals surface area contributed by atoms with Crippen molar-refractivity contribution in [1.29, 1.82) is 0 Å². The molecule has 5 heteroatoms. The largest absolute Gasteiger partial charge is 0.488 e. The second-order valence-electron chi connectivity index (χ2n) is 5.14. The highest BCUT2D eigenvalue weighted by Crippen LogP contribution is 2.27. The molecule has 1 aliphatic rings. The molecule has 0 spiro atoms. The van der Waals surface area contributed by atoms with Crippen LogP contribution in [0.3, 0.4) is 0 Å². The molecule has 2 heterocycles. The Morgan fingerprint density at radius 2 is 2.19 bits per heavy atom. The Bertz CT molecular complexity index is 614. The van der Waals surface area contributed by atoms with Gasteiger partial charge in [0, 0.05) is 11.3 Å². The normalized spacial score (nSPS) is 16.1. The molecule has 0 radical (unpaired) electrons. The molecule has 0 bridgehead atoms. The summed E-state index contributed by atoms with van der Waals surface area (Å²) in [5, 5.41) is 7.78. The molecule has 3 rings (SSSR count). The molecule has 0 saturated heterocycles. The molecule has 1 aromatic carbocycles. The molecule has 21 heavy (non-hydrogen) atoms. The van der Waals surface area contributed by atoms with E-state index < -0.39 is 0 Å². The van der Waals surface area contributed by atoms with Gasteiger partial charge in [0.2, 0.25) is 0 Å². The van der Waals surface area contributed by atoms with E-state index in [1.165, 1.54) is 16.0 Å². The standard InChI is InChI=1S/C16H18N2O2S/c1-11-6-7-21-15(11)10-18-16(19)17-9-13-8-12-4-2-3-5-14(12)20-13/h2-7,13H,8-10H2,1H3,(H2,17,18,19). The molecule has 110 valence electrons. The van der Waals surface area contributed by atoms with Crippen LogP contribution in [0.5, 0.6) is 5.75 Å². The average molecular weight is 302 g/mol. The van der Waals surface area contributed by atoms with Crippen molar-refractivity contribution in [3.05, 3.63) is 51.7 Å². The van der Waals surface area contributed by atoms with Gasteiger partial charge in [-0.05, 0) is 35.6 Å². The number of carbonyl (C=O) groups excluding carboxylic acids is 1. The molecule has 1 atom stereocenters. The summed E-state index contributed by atoms with van der Waals surface area (Å²) in [5.41, 5.74) is 2.42. The topological polar surface area (TPSA) is 50.4 Å². The fraction of sp³-hybridized carbons (Fsp3) is 0.312. The van der Waals surface area contributed by atoms with Gasteiger partial charge >= 0.3 is 6.03 Å². The molecule has 2 amide bonds. The van der Waals surface area contributed by atoms with Crippen LogP contribution in [0, 0.1) is 6.92 Å². The lowest BCUT2D eigenvalue weighted by atomic mass is 10.1. The second-order valence-corrected chi connectivity index (χ2v) is 6.14. The van der Waals surface area contributed by atoms with Crippen LogP contribution >= 0.6 is 11.3 Å². The number of carbonyl (C=O) groups is 1. The van der Waals surface area contributed by atoms with Crippen molar-refractivity contribution in [2.45, 2.75) is 26.0 Å². The van der Waals surface area contributed by atoms with Crippen molar-refractivity contribution in [2.75, 3.05) is 6.54 Å². The summed E-state index contributed by atoms with van der Waals surface area (Å²) >= 11 is 1.66. The van der Waals surface area contributed by atoms with Gasteiger partial charge in [-0.2, -0.15) is 0 Å². The molecule has 4 nitrogen and oxygen atoms in total. The van der Waals surface area contributed by atoms with Crippen molar-refractivity contribution >= 4 is 17.4 Å². The first-order chi connectivity index (χ1) is 10.2. The van der Waals surface area contributed by atoms with Crippen LogP contribution < -0.4 is 15.4 Å². The van der Waals surface area contributed by atoms with Crippen molar-refractivity contribution in [3.63, 3.8) is 0 Å². The molecular weight excluding hydrogens is 284 g/mol. The van der Waals surface area contributed by atoms with Crippen LogP contribution in [0.1, 0.15) is 16.0 Å². The van der Waals surface area contributed by atoms with Gasteiger partial charge in [-0.15, -0.1) is 11.3 Å². The summed E-state index contributed by atoms with van der Waals surface area (Å²) in [4.78, 5) is 13.0. The number of rotatable bonds is 4. The Hall–Kier alpha value is -2.01. The first kappa shape index (κ1) is 13.9. The number of hydrogen-bond donors (Lipinski definition) is 2. The van der Waals surface area contributed by atoms with E-state index in [0.717, 1.165) is 12.2 Å². The summed E-state index contributed by atoms with van der Waals surface area (Å²) < 4.78 is 5.79. The Balaban J connectivity index is 1.42. The number of aryl methyl sites for hydroxylation is 1. The summed E-state index contributed by atoms with van der Waals surface area (Å²) in [5.74, 6) is 0.930. The smallest absolute Gasteiger partial charge is 0.315 e. The zero-order valence-electron chi connectivity index (χ0n) is 11.9. The maximum atomic E-state index is 11.8. The van der Waals surface area contributed by atoms with E-state index in [0.29, 0.717) is 13.1 Å². The molecular formula is C16H18N2O2S. The Labute approximate surface area is 128 Å². The van der Waals surface area contributed by atoms with E-state index in [1.807, 2.05) is 23.6 Å². The SMILES string of the molecule is Cc1ccsc1CNC(=O)NCC1Cc2ccccc2O1. The molecule has 1 aromatic heterocycles. The highest BCUT2D eigenvalue weighted by atomic mass is 32.1. The fourth-order valence-electron chi connectivity index (χ4n) is 2.38. The number of amides is 2. The van der Waals surface area contributed by atoms with Crippen LogP contribution in [0.15, 0.2) is 35.7 Å². The van der Waals surface area contributed by atoms with Crippen LogP contribution in [0.25, 0.3) is 0 Å². The first-order valence-electron chi connectivity index (χ1n) is 7.01. The fourth-order valence-corrected chi connectivity index (χ4v) is 3.23. The van der Waals surface area contributed by atoms with E-state index in [1.54, 1.807) is 11.3 Å². The van der Waals surface area contributed by atoms with Gasteiger partial charge < -0.3 is 15.4 Å². The van der Waals surface area contributed by atoms with Crippen molar-refractivity contribution in [3.8, 4) is 5.75 Å². The maximum absolute atomic E-state index is 11.8. The van der Waals surface area contributed by atoms with Crippen molar-refractivity contribution < 1.29 is 9.53 Å². The maximum Gasteiger partial charge on any atom is 0.315 e. The molecule has 2 N–H and O–H groups in total. The third-order valence-electron chi connectivity index (χ3n) is 3.58. The number of benzene rings is 1. The average Bonchev–Trinajstić information content (AvgIpc) is 3.08. The van der Waals surface area contributed by atoms with E-state index in [9.17, 15) is 4.79 Å². The lowest BCUT2D eigenvalue weighted by Crippen LogP contribution is -2.40. The summed E-state index contributed by atoms with van der Waals surface area (Å²) in [7, 11) is 0. The van der Waals surface area contributed by atoms with Crippen LogP contribution in [0.2, 0.25) is 0 Å². The highest BCUT2D eigenvalue weighted by molar-refractivity contribution is 7.10. The summed E-state index contributed by atoms with van der Waals surface area (Å²) in [6, 6.07) is 9.91. The summed E-state index contributed by atoms with van der Waals surface area (Å²) in [6.45, 7) is 3.14. The summed E-state index contributed by atoms with van der Waals surface area (Å²) in [6.07, 6.45) is 0.872. The van der Waals surface area contributed by atoms with Gasteiger partial charge in [0.25, 0.3) is 0 Å². The van der Waals surface area contributed by atoms with Gasteiger partial charge in [-0.3, -0.25) is 0 Å². The van der Waals surface area contributed by atoms with Crippen LogP contribution in [0.4, 0.5) is 4.79 Å². The molecule has 0 saturated carbocycles. The van der Waals surface area contributed by atoms with Crippen molar-refractivity contribution in [1.82, 2.24) is 10.6 Å². The molecule has 0 fully saturated rings. The van der Waals surface area contributed by atoms with Gasteiger partial charge in [0.1, 0.15) is 11.9 Å². The van der Waals surface area contributed by atoms with E-state index in [4.69, 9.17) is 4.74 Å². The minimum absolute atomic E-state index is 0.0247. The monoisotopic (exact) mass is 302 g/mol. The number of urea groups is 1. The predicted octanol–water partition coefficient (Wildman–Crippen LogP) is 2.86. The third-order valence-corrected chi connectivity index (χ3v) is 4.60. The minimum atomic E-state index is -0.151. The van der Waals surface area contributed by atoms with Gasteiger partial charge in [0.15, 0.2) is 0 Å². The lowest BCUT2D eigenvalue weighted by molar-refractivity contribution is 0.214. The number of ether oxygens (including phenoxy) is 1. The number of thiophene rings is 1. The van der Waals surface area contributed by atoms with Gasteiger partial charge in [0.05, 0.1) is 13.1 Å². The zero-order valence-corrected chi connectivity index (χ0v) is 12.7. The molecule has 0 aliphatic carbocycles. The number of para-hydroxylation sites is 1. The first-order valence-corrected chi connectivity index (χ1v) is 7.89. The van der Waals surface area contributed by atoms with Crippen LogP contribution in [-0.4, -0.2) is 18.7 Å². The molecule has 1 unspecified atom stereocenters. The van der Waals surface area contributed by atoms with E-state index >= 15 is 0 Å². The van der Waals surface area contributed by atoms with Crippen LogP contribution in [-0.2, 0) is 13.0 Å². The third kappa shape index (κ3) is 3.36. The van der Waals surface area contributed by atoms with Gasteiger partial charge in [-0.25, -0.2) is 4.79 Å². The predicted molar refractivity (Wildman–Crippen MR) is 83.9 cm³/mol. The second kappa shape index (κ2) is 6.18. The number of fused-ring (bicyclic) bond motifs is 1. The zero-order chi connectivity index (χ0) is 14.7. The minimum Gasteiger partial charge on any atom is -0.488 e. The number of nitrogens with one attached hydrogen (secondary N) is 2. The quantitative estimate of drug-likeness (QED) is 0.912. The van der Waals surface area contributed by atoms with E-state index in [2.05, 4.69) is 29.7 Å². The Morgan fingerprint density at radius 3 is 2.95 bits per heavy atom. The number of hydrogen-bond acceptors (Lipinski definition) is 3. The van der Waals surface area contributed by atoms with Crippen molar-refractivity contribution in [2.24, 2.45) is 0 Å². The van der Waals surface area contributed by atoms with Gasteiger partial charge in [-0.1, -0.05) is 18.2 Å². The highest BCUT2D eigenvalue weighted by Gasteiger charge is 2.22.